The third-order valence-corrected chi connectivity index (χ3v) is 2.99. The average Bonchev–Trinajstić information content (AvgIpc) is 2.48. The lowest BCUT2D eigenvalue weighted by molar-refractivity contribution is -0.107. The first-order chi connectivity index (χ1) is 9.69. The van der Waals surface area contributed by atoms with Crippen molar-refractivity contribution in [3.05, 3.63) is 59.1 Å². The summed E-state index contributed by atoms with van der Waals surface area (Å²) in [6.45, 7) is 0. The molecule has 0 aliphatic carbocycles. The fourth-order valence-corrected chi connectivity index (χ4v) is 1.81. The van der Waals surface area contributed by atoms with Crippen molar-refractivity contribution < 1.29 is 9.59 Å². The minimum atomic E-state index is -0.497. The molecule has 0 bridgehead atoms. The van der Waals surface area contributed by atoms with Gasteiger partial charge >= 0.3 is 6.03 Å². The topological polar surface area (TPSA) is 61.4 Å². The smallest absolute Gasteiger partial charge is 0.307 e. The van der Waals surface area contributed by atoms with Crippen molar-refractivity contribution in [2.75, 3.05) is 10.3 Å². The Hall–Kier alpha value is -2.34. The molecule has 0 radical (unpaired) electrons. The van der Waals surface area contributed by atoms with Crippen molar-refractivity contribution in [1.82, 2.24) is 5.43 Å². The van der Waals surface area contributed by atoms with Crippen molar-refractivity contribution in [3.8, 4) is 0 Å². The number of halogens is 1. The van der Waals surface area contributed by atoms with Gasteiger partial charge in [-0.05, 0) is 36.4 Å². The van der Waals surface area contributed by atoms with E-state index in [1.165, 1.54) is 0 Å². The maximum absolute atomic E-state index is 11.8. The van der Waals surface area contributed by atoms with Gasteiger partial charge in [0.05, 0.1) is 5.69 Å². The first-order valence-electron chi connectivity index (χ1n) is 5.82. The molecule has 0 unspecified atom stereocenters. The summed E-state index contributed by atoms with van der Waals surface area (Å²) in [5, 5.41) is 3.74. The SMILES string of the molecule is O=CN(NC(=O)Nc1ccc(Br)cc1)c1ccccc1. The minimum Gasteiger partial charge on any atom is -0.307 e. The molecule has 0 saturated heterocycles. The van der Waals surface area contributed by atoms with Crippen molar-refractivity contribution in [2.45, 2.75) is 0 Å². The summed E-state index contributed by atoms with van der Waals surface area (Å²) in [7, 11) is 0. The summed E-state index contributed by atoms with van der Waals surface area (Å²) in [5.74, 6) is 0. The highest BCUT2D eigenvalue weighted by Gasteiger charge is 2.08. The number of hydrazine groups is 1. The van der Waals surface area contributed by atoms with E-state index in [1.54, 1.807) is 36.4 Å². The van der Waals surface area contributed by atoms with Crippen molar-refractivity contribution >= 4 is 39.7 Å². The lowest BCUT2D eigenvalue weighted by Crippen LogP contribution is -2.43. The van der Waals surface area contributed by atoms with Gasteiger partial charge in [-0.3, -0.25) is 4.79 Å². The van der Waals surface area contributed by atoms with Crippen LogP contribution in [0.4, 0.5) is 16.2 Å². The molecule has 2 aromatic rings. The monoisotopic (exact) mass is 333 g/mol. The molecule has 2 rings (SSSR count). The number of rotatable bonds is 4. The van der Waals surface area contributed by atoms with Crippen LogP contribution in [0.2, 0.25) is 0 Å². The highest BCUT2D eigenvalue weighted by Crippen LogP contribution is 2.14. The van der Waals surface area contributed by atoms with Gasteiger partial charge in [0.15, 0.2) is 0 Å². The number of hydrogen-bond acceptors (Lipinski definition) is 2. The zero-order valence-electron chi connectivity index (χ0n) is 10.4. The lowest BCUT2D eigenvalue weighted by atomic mass is 10.3. The minimum absolute atomic E-state index is 0.497. The quantitative estimate of drug-likeness (QED) is 0.666. The Kier molecular flexibility index (Phi) is 4.73. The predicted octanol–water partition coefficient (Wildman–Crippen LogP) is 3.15. The highest BCUT2D eigenvalue weighted by atomic mass is 79.9. The summed E-state index contributed by atoms with van der Waals surface area (Å²) in [5.41, 5.74) is 3.66. The van der Waals surface area contributed by atoms with Crippen molar-refractivity contribution in [1.29, 1.82) is 0 Å². The maximum Gasteiger partial charge on any atom is 0.338 e. The van der Waals surface area contributed by atoms with E-state index in [2.05, 4.69) is 26.7 Å². The molecular weight excluding hydrogens is 322 g/mol. The molecule has 0 fully saturated rings. The molecular formula is C14H12BrN3O2. The molecule has 0 heterocycles. The number of benzene rings is 2. The summed E-state index contributed by atoms with van der Waals surface area (Å²) in [6, 6.07) is 15.4. The first kappa shape index (κ1) is 14.1. The summed E-state index contributed by atoms with van der Waals surface area (Å²) in [6.07, 6.45) is 0.538. The fraction of sp³-hybridized carbons (Fsp3) is 0. The maximum atomic E-state index is 11.8. The van der Waals surface area contributed by atoms with E-state index in [-0.39, 0.29) is 0 Å². The van der Waals surface area contributed by atoms with Crippen molar-refractivity contribution in [3.63, 3.8) is 0 Å². The van der Waals surface area contributed by atoms with E-state index in [0.717, 1.165) is 9.48 Å². The number of amides is 3. The van der Waals surface area contributed by atoms with Gasteiger partial charge in [-0.1, -0.05) is 34.1 Å². The Balaban J connectivity index is 1.99. The molecule has 0 spiro atoms. The Morgan fingerprint density at radius 3 is 2.30 bits per heavy atom. The number of para-hydroxylation sites is 1. The lowest BCUT2D eigenvalue weighted by Gasteiger charge is -2.18. The highest BCUT2D eigenvalue weighted by molar-refractivity contribution is 9.10. The third kappa shape index (κ3) is 3.83. The van der Waals surface area contributed by atoms with Gasteiger partial charge in [0.2, 0.25) is 6.41 Å². The predicted molar refractivity (Wildman–Crippen MR) is 81.3 cm³/mol. The van der Waals surface area contributed by atoms with Gasteiger partial charge in [-0.2, -0.15) is 0 Å². The molecule has 0 aliphatic rings. The normalized spacial score (nSPS) is 9.65. The van der Waals surface area contributed by atoms with Gasteiger partial charge in [0.1, 0.15) is 0 Å². The Morgan fingerprint density at radius 1 is 1.05 bits per heavy atom. The number of anilines is 2. The molecule has 0 aromatic heterocycles. The molecule has 102 valence electrons. The van der Waals surface area contributed by atoms with Crippen LogP contribution in [0.1, 0.15) is 0 Å². The Morgan fingerprint density at radius 2 is 1.70 bits per heavy atom. The van der Waals surface area contributed by atoms with Crippen LogP contribution >= 0.6 is 15.9 Å². The van der Waals surface area contributed by atoms with Crippen LogP contribution in [0.3, 0.4) is 0 Å². The molecule has 20 heavy (non-hydrogen) atoms. The van der Waals surface area contributed by atoms with E-state index in [9.17, 15) is 9.59 Å². The number of nitrogens with one attached hydrogen (secondary N) is 2. The second-order valence-corrected chi connectivity index (χ2v) is 4.80. The molecule has 0 saturated carbocycles. The van der Waals surface area contributed by atoms with Crippen LogP contribution < -0.4 is 15.8 Å². The van der Waals surface area contributed by atoms with Crippen LogP contribution in [-0.4, -0.2) is 12.4 Å². The van der Waals surface area contributed by atoms with Gasteiger partial charge in [-0.25, -0.2) is 15.2 Å². The summed E-state index contributed by atoms with van der Waals surface area (Å²) < 4.78 is 0.919. The second-order valence-electron chi connectivity index (χ2n) is 3.88. The fourth-order valence-electron chi connectivity index (χ4n) is 1.54. The number of carbonyl (C=O) groups excluding carboxylic acids is 2. The van der Waals surface area contributed by atoms with E-state index in [1.807, 2.05) is 18.2 Å². The molecule has 5 nitrogen and oxygen atoms in total. The molecule has 3 amide bonds. The van der Waals surface area contributed by atoms with Crippen LogP contribution in [0.25, 0.3) is 0 Å². The Bertz CT molecular complexity index is 587. The zero-order valence-corrected chi connectivity index (χ0v) is 12.0. The zero-order chi connectivity index (χ0) is 14.4. The van der Waals surface area contributed by atoms with Gasteiger partial charge in [0, 0.05) is 10.2 Å². The molecule has 2 N–H and O–H groups in total. The Labute approximate surface area is 124 Å². The van der Waals surface area contributed by atoms with Gasteiger partial charge in [-0.15, -0.1) is 0 Å². The van der Waals surface area contributed by atoms with E-state index in [4.69, 9.17) is 0 Å². The van der Waals surface area contributed by atoms with Crippen LogP contribution in [0.15, 0.2) is 59.1 Å². The third-order valence-electron chi connectivity index (χ3n) is 2.46. The first-order valence-corrected chi connectivity index (χ1v) is 6.61. The van der Waals surface area contributed by atoms with E-state index in [0.29, 0.717) is 17.8 Å². The summed E-state index contributed by atoms with van der Waals surface area (Å²) in [4.78, 5) is 22.8. The number of nitrogens with zero attached hydrogens (tertiary/aromatic N) is 1. The molecule has 2 aromatic carbocycles. The summed E-state index contributed by atoms with van der Waals surface area (Å²) >= 11 is 3.31. The molecule has 0 aliphatic heterocycles. The average molecular weight is 334 g/mol. The van der Waals surface area contributed by atoms with Gasteiger partial charge in [0.25, 0.3) is 0 Å². The molecule has 0 atom stereocenters. The number of hydrogen-bond donors (Lipinski definition) is 2. The largest absolute Gasteiger partial charge is 0.338 e. The molecule has 6 heteroatoms. The van der Waals surface area contributed by atoms with Crippen LogP contribution in [-0.2, 0) is 4.79 Å². The number of urea groups is 1. The standard InChI is InChI=1S/C14H12BrN3O2/c15-11-6-8-12(9-7-11)16-14(20)17-18(10-19)13-4-2-1-3-5-13/h1-10H,(H2,16,17,20). The van der Waals surface area contributed by atoms with Crippen LogP contribution in [0.5, 0.6) is 0 Å². The van der Waals surface area contributed by atoms with E-state index < -0.39 is 6.03 Å². The number of carbonyl (C=O) groups is 2. The second kappa shape index (κ2) is 6.72. The van der Waals surface area contributed by atoms with Gasteiger partial charge < -0.3 is 5.32 Å². The van der Waals surface area contributed by atoms with Crippen LogP contribution in [0, 0.1) is 0 Å². The van der Waals surface area contributed by atoms with E-state index >= 15 is 0 Å². The van der Waals surface area contributed by atoms with Crippen molar-refractivity contribution in [2.24, 2.45) is 0 Å².